The molecule has 0 spiro atoms. The summed E-state index contributed by atoms with van der Waals surface area (Å²) in [5.74, 6) is -0.187. The topological polar surface area (TPSA) is 86.4 Å². The fourth-order valence-electron chi connectivity index (χ4n) is 3.41. The Bertz CT molecular complexity index is 1130. The summed E-state index contributed by atoms with van der Waals surface area (Å²) in [4.78, 5) is 15.8. The number of benzene rings is 1. The van der Waals surface area contributed by atoms with Gasteiger partial charge in [-0.2, -0.15) is 9.40 Å². The molecule has 0 saturated carbocycles. The summed E-state index contributed by atoms with van der Waals surface area (Å²) in [6, 6.07) is 11.1. The Labute approximate surface area is 174 Å². The number of nitrogens with zero attached hydrogens (tertiary/aromatic N) is 3. The number of sulfonamides is 1. The van der Waals surface area contributed by atoms with Gasteiger partial charge in [-0.15, -0.1) is 11.3 Å². The second kappa shape index (κ2) is 7.74. The van der Waals surface area contributed by atoms with Crippen LogP contribution in [0.3, 0.4) is 0 Å². The molecule has 3 heterocycles. The van der Waals surface area contributed by atoms with Crippen LogP contribution in [0.15, 0.2) is 46.7 Å². The van der Waals surface area contributed by atoms with Crippen molar-refractivity contribution in [2.45, 2.75) is 18.7 Å². The van der Waals surface area contributed by atoms with E-state index >= 15 is 0 Å². The number of carbonyl (C=O) groups is 1. The second-order valence-corrected chi connectivity index (χ2v) is 9.96. The van der Waals surface area contributed by atoms with Gasteiger partial charge >= 0.3 is 0 Å². The first kappa shape index (κ1) is 19.8. The molecule has 1 amide bonds. The fraction of sp³-hybridized carbons (Fsp3) is 0.300. The number of hydrogen-bond donors (Lipinski definition) is 1. The monoisotopic (exact) mass is 430 g/mol. The lowest BCUT2D eigenvalue weighted by molar-refractivity contribution is 0.0692. The zero-order valence-electron chi connectivity index (χ0n) is 16.3. The van der Waals surface area contributed by atoms with E-state index in [4.69, 9.17) is 0 Å². The highest BCUT2D eigenvalue weighted by Crippen LogP contribution is 2.25. The molecule has 1 saturated heterocycles. The lowest BCUT2D eigenvalue weighted by Crippen LogP contribution is -2.50. The van der Waals surface area contributed by atoms with Crippen molar-refractivity contribution in [2.75, 3.05) is 26.2 Å². The molecule has 0 atom stereocenters. The minimum Gasteiger partial charge on any atom is -0.335 e. The molecular formula is C20H22N4O3S2. The molecule has 2 aromatic heterocycles. The van der Waals surface area contributed by atoms with Crippen molar-refractivity contribution in [2.24, 2.45) is 0 Å². The van der Waals surface area contributed by atoms with Crippen molar-refractivity contribution < 1.29 is 13.2 Å². The van der Waals surface area contributed by atoms with Crippen molar-refractivity contribution in [1.82, 2.24) is 19.4 Å². The Balaban J connectivity index is 1.45. The third-order valence-electron chi connectivity index (χ3n) is 5.07. The molecule has 9 heteroatoms. The number of H-pyrrole nitrogens is 1. The van der Waals surface area contributed by atoms with Crippen LogP contribution in [0.25, 0.3) is 10.6 Å². The predicted molar refractivity (Wildman–Crippen MR) is 112 cm³/mol. The SMILES string of the molecule is Cc1ccc(C)c(S(=O)(=O)N2CCN(C(=O)c3cc(-c4cccs4)[nH]n3)CC2)c1. The van der Waals surface area contributed by atoms with Gasteiger partial charge in [-0.05, 0) is 48.6 Å². The van der Waals surface area contributed by atoms with Crippen molar-refractivity contribution >= 4 is 27.3 Å². The third kappa shape index (κ3) is 3.85. The van der Waals surface area contributed by atoms with Crippen LogP contribution in [-0.4, -0.2) is 59.9 Å². The Kier molecular flexibility index (Phi) is 5.28. The van der Waals surface area contributed by atoms with E-state index in [2.05, 4.69) is 10.2 Å². The van der Waals surface area contributed by atoms with Crippen LogP contribution in [-0.2, 0) is 10.0 Å². The van der Waals surface area contributed by atoms with Crippen molar-refractivity contribution in [1.29, 1.82) is 0 Å². The van der Waals surface area contributed by atoms with E-state index in [0.29, 0.717) is 23.7 Å². The summed E-state index contributed by atoms with van der Waals surface area (Å²) in [6.45, 7) is 4.89. The van der Waals surface area contributed by atoms with Crippen molar-refractivity contribution in [3.63, 3.8) is 0 Å². The van der Waals surface area contributed by atoms with E-state index in [1.807, 2.05) is 36.6 Å². The zero-order chi connectivity index (χ0) is 20.6. The Hall–Kier alpha value is -2.49. The highest BCUT2D eigenvalue weighted by molar-refractivity contribution is 7.89. The smallest absolute Gasteiger partial charge is 0.274 e. The van der Waals surface area contributed by atoms with Crippen LogP contribution in [0.5, 0.6) is 0 Å². The maximum atomic E-state index is 13.0. The first-order valence-corrected chi connectivity index (χ1v) is 11.6. The van der Waals surface area contributed by atoms with Gasteiger partial charge in [-0.3, -0.25) is 9.89 Å². The molecule has 1 aliphatic rings. The molecule has 7 nitrogen and oxygen atoms in total. The number of carbonyl (C=O) groups excluding carboxylic acids is 1. The Morgan fingerprint density at radius 3 is 2.55 bits per heavy atom. The third-order valence-corrected chi connectivity index (χ3v) is 8.01. The number of hydrogen-bond acceptors (Lipinski definition) is 5. The van der Waals surface area contributed by atoms with Gasteiger partial charge in [-0.25, -0.2) is 8.42 Å². The van der Waals surface area contributed by atoms with E-state index in [1.54, 1.807) is 35.3 Å². The lowest BCUT2D eigenvalue weighted by atomic mass is 10.2. The molecule has 4 rings (SSSR count). The second-order valence-electron chi connectivity index (χ2n) is 7.11. The van der Waals surface area contributed by atoms with E-state index < -0.39 is 10.0 Å². The number of aromatic nitrogens is 2. The number of amides is 1. The summed E-state index contributed by atoms with van der Waals surface area (Å²) in [6.07, 6.45) is 0. The van der Waals surface area contributed by atoms with Gasteiger partial charge in [-0.1, -0.05) is 18.2 Å². The average Bonchev–Trinajstić information content (AvgIpc) is 3.41. The molecule has 1 aliphatic heterocycles. The number of aryl methyl sites for hydroxylation is 2. The summed E-state index contributed by atoms with van der Waals surface area (Å²) < 4.78 is 27.6. The van der Waals surface area contributed by atoms with Crippen LogP contribution in [0.1, 0.15) is 21.6 Å². The molecule has 0 unspecified atom stereocenters. The number of rotatable bonds is 4. The molecule has 1 N–H and O–H groups in total. The summed E-state index contributed by atoms with van der Waals surface area (Å²) >= 11 is 1.57. The van der Waals surface area contributed by atoms with Crippen LogP contribution in [0.2, 0.25) is 0 Å². The molecule has 1 fully saturated rings. The fourth-order valence-corrected chi connectivity index (χ4v) is 5.83. The maximum Gasteiger partial charge on any atom is 0.274 e. The standard InChI is InChI=1S/C20H22N4O3S2/c1-14-5-6-15(2)19(12-14)29(26,27)24-9-7-23(8-10-24)20(25)17-13-16(21-22-17)18-4-3-11-28-18/h3-6,11-13H,7-10H2,1-2H3,(H,21,22). The van der Waals surface area contributed by atoms with E-state index in [9.17, 15) is 13.2 Å². The van der Waals surface area contributed by atoms with E-state index in [-0.39, 0.29) is 19.0 Å². The highest BCUT2D eigenvalue weighted by atomic mass is 32.2. The quantitative estimate of drug-likeness (QED) is 0.690. The minimum atomic E-state index is -3.58. The number of thiophene rings is 1. The molecule has 0 bridgehead atoms. The van der Waals surface area contributed by atoms with E-state index in [1.165, 1.54) is 4.31 Å². The molecule has 0 aliphatic carbocycles. The zero-order valence-corrected chi connectivity index (χ0v) is 17.9. The van der Waals surface area contributed by atoms with Crippen LogP contribution >= 0.6 is 11.3 Å². The first-order valence-electron chi connectivity index (χ1n) is 9.32. The molecule has 1 aromatic carbocycles. The van der Waals surface area contributed by atoms with Crippen LogP contribution in [0, 0.1) is 13.8 Å². The molecule has 0 radical (unpaired) electrons. The Morgan fingerprint density at radius 2 is 1.86 bits per heavy atom. The number of aromatic amines is 1. The maximum absolute atomic E-state index is 13.0. The molecule has 29 heavy (non-hydrogen) atoms. The molecule has 152 valence electrons. The van der Waals surface area contributed by atoms with Gasteiger partial charge in [0.05, 0.1) is 15.5 Å². The Morgan fingerprint density at radius 1 is 1.10 bits per heavy atom. The van der Waals surface area contributed by atoms with Gasteiger partial charge in [0, 0.05) is 26.2 Å². The van der Waals surface area contributed by atoms with Crippen molar-refractivity contribution in [3.8, 4) is 10.6 Å². The predicted octanol–water partition coefficient (Wildman–Crippen LogP) is 2.90. The minimum absolute atomic E-state index is 0.187. The number of piperazine rings is 1. The van der Waals surface area contributed by atoms with Crippen LogP contribution < -0.4 is 0 Å². The largest absolute Gasteiger partial charge is 0.335 e. The average molecular weight is 431 g/mol. The van der Waals surface area contributed by atoms with Gasteiger partial charge in [0.15, 0.2) is 5.69 Å². The molecular weight excluding hydrogens is 408 g/mol. The lowest BCUT2D eigenvalue weighted by Gasteiger charge is -2.34. The van der Waals surface area contributed by atoms with E-state index in [0.717, 1.165) is 21.7 Å². The van der Waals surface area contributed by atoms with Gasteiger partial charge in [0.1, 0.15) is 0 Å². The summed E-state index contributed by atoms with van der Waals surface area (Å²) in [7, 11) is -3.58. The normalized spacial score (nSPS) is 15.6. The number of nitrogens with one attached hydrogen (secondary N) is 1. The highest BCUT2D eigenvalue weighted by Gasteiger charge is 2.32. The van der Waals surface area contributed by atoms with Gasteiger partial charge < -0.3 is 4.90 Å². The summed E-state index contributed by atoms with van der Waals surface area (Å²) in [5, 5.41) is 9.01. The van der Waals surface area contributed by atoms with Gasteiger partial charge in [0.25, 0.3) is 5.91 Å². The summed E-state index contributed by atoms with van der Waals surface area (Å²) in [5.41, 5.74) is 2.79. The first-order chi connectivity index (χ1) is 13.9. The van der Waals surface area contributed by atoms with Crippen molar-refractivity contribution in [3.05, 3.63) is 58.6 Å². The molecule has 3 aromatic rings. The van der Waals surface area contributed by atoms with Gasteiger partial charge in [0.2, 0.25) is 10.0 Å². The van der Waals surface area contributed by atoms with Crippen LogP contribution in [0.4, 0.5) is 0 Å².